The summed E-state index contributed by atoms with van der Waals surface area (Å²) < 4.78 is 0. The Kier molecular flexibility index (Phi) is 8.23. The summed E-state index contributed by atoms with van der Waals surface area (Å²) in [5.74, 6) is 0. The maximum atomic E-state index is 2.36. The highest BCUT2D eigenvalue weighted by Crippen LogP contribution is 2.40. The molecule has 0 N–H and O–H groups in total. The summed E-state index contributed by atoms with van der Waals surface area (Å²) in [4.78, 5) is 2.35. The van der Waals surface area contributed by atoms with Crippen LogP contribution in [-0.4, -0.2) is 0 Å². The molecule has 0 radical (unpaired) electrons. The maximum absolute atomic E-state index is 2.36. The van der Waals surface area contributed by atoms with E-state index in [9.17, 15) is 0 Å². The summed E-state index contributed by atoms with van der Waals surface area (Å²) in [6.45, 7) is 4.57. The van der Waals surface area contributed by atoms with E-state index in [4.69, 9.17) is 0 Å². The number of fused-ring (bicyclic) bond motifs is 3. The van der Waals surface area contributed by atoms with Gasteiger partial charge in [-0.25, -0.2) is 0 Å². The summed E-state index contributed by atoms with van der Waals surface area (Å²) >= 11 is 0. The first-order valence-electron chi connectivity index (χ1n) is 19.5. The van der Waals surface area contributed by atoms with E-state index in [2.05, 4.69) is 231 Å². The zero-order valence-corrected chi connectivity index (χ0v) is 31.7. The number of rotatable bonds is 7. The lowest BCUT2D eigenvalue weighted by atomic mass is 9.85. The smallest absolute Gasteiger partial charge is 0.0462 e. The van der Waals surface area contributed by atoms with Gasteiger partial charge in [-0.1, -0.05) is 172 Å². The number of nitrogens with zero attached hydrogens (tertiary/aromatic N) is 1. The van der Waals surface area contributed by atoms with Gasteiger partial charge in [0.2, 0.25) is 0 Å². The molecule has 9 aromatic carbocycles. The Morgan fingerprint density at radius 1 is 0.321 bits per heavy atom. The molecule has 1 aliphatic rings. The minimum Gasteiger partial charge on any atom is -0.311 e. The molecule has 0 amide bonds. The minimum absolute atomic E-state index is 0.0689. The standard InChI is InChI=1S/C55H41N/c1-55(2)34-33-45-17-20-50(37-54(45)55)42-13-11-40(12-14-42)41-21-27-51(28-22-41)56(52-29-23-43(24-30-52)48-18-15-38-7-3-5-9-46(38)35-48)53-31-25-44(26-32-53)49-19-16-39-8-4-6-10-47(39)36-49/h3-37H,1-2H3. The average molecular weight is 716 g/mol. The van der Waals surface area contributed by atoms with E-state index in [1.165, 1.54) is 77.2 Å². The van der Waals surface area contributed by atoms with Crippen molar-refractivity contribution in [3.63, 3.8) is 0 Å². The highest BCUT2D eigenvalue weighted by Gasteiger charge is 2.25. The predicted octanol–water partition coefficient (Wildman–Crippen LogP) is 15.4. The topological polar surface area (TPSA) is 3.24 Å². The van der Waals surface area contributed by atoms with Gasteiger partial charge in [0.05, 0.1) is 0 Å². The van der Waals surface area contributed by atoms with Gasteiger partial charge in [0.15, 0.2) is 0 Å². The van der Waals surface area contributed by atoms with Gasteiger partial charge in [-0.05, 0) is 132 Å². The van der Waals surface area contributed by atoms with Gasteiger partial charge in [0, 0.05) is 22.5 Å². The molecular weight excluding hydrogens is 675 g/mol. The van der Waals surface area contributed by atoms with Crippen LogP contribution in [0.25, 0.3) is 72.1 Å². The maximum Gasteiger partial charge on any atom is 0.0462 e. The number of benzene rings is 9. The van der Waals surface area contributed by atoms with Crippen molar-refractivity contribution in [3.05, 3.63) is 217 Å². The van der Waals surface area contributed by atoms with Crippen LogP contribution in [0.3, 0.4) is 0 Å². The third kappa shape index (κ3) is 6.28. The molecule has 56 heavy (non-hydrogen) atoms. The third-order valence-electron chi connectivity index (χ3n) is 11.5. The van der Waals surface area contributed by atoms with Crippen molar-refractivity contribution >= 4 is 44.7 Å². The van der Waals surface area contributed by atoms with E-state index in [1.807, 2.05) is 0 Å². The van der Waals surface area contributed by atoms with Crippen molar-refractivity contribution in [2.45, 2.75) is 19.3 Å². The van der Waals surface area contributed by atoms with Crippen LogP contribution < -0.4 is 4.90 Å². The largest absolute Gasteiger partial charge is 0.311 e. The molecular formula is C55H41N. The molecule has 0 spiro atoms. The van der Waals surface area contributed by atoms with Gasteiger partial charge in [-0.15, -0.1) is 0 Å². The van der Waals surface area contributed by atoms with Crippen LogP contribution in [0.4, 0.5) is 17.1 Å². The molecule has 0 fully saturated rings. The van der Waals surface area contributed by atoms with E-state index in [1.54, 1.807) is 0 Å². The van der Waals surface area contributed by atoms with Gasteiger partial charge in [0.1, 0.15) is 0 Å². The Balaban J connectivity index is 0.970. The molecule has 0 saturated carbocycles. The monoisotopic (exact) mass is 715 g/mol. The normalized spacial score (nSPS) is 12.9. The summed E-state index contributed by atoms with van der Waals surface area (Å²) in [5.41, 5.74) is 15.8. The Morgan fingerprint density at radius 2 is 0.661 bits per heavy atom. The molecule has 0 unspecified atom stereocenters. The highest BCUT2D eigenvalue weighted by atomic mass is 15.1. The van der Waals surface area contributed by atoms with Crippen LogP contribution in [0.2, 0.25) is 0 Å². The van der Waals surface area contributed by atoms with Crippen LogP contribution in [0.1, 0.15) is 25.0 Å². The van der Waals surface area contributed by atoms with Crippen molar-refractivity contribution in [2.75, 3.05) is 4.90 Å². The lowest BCUT2D eigenvalue weighted by Crippen LogP contribution is -2.10. The third-order valence-corrected chi connectivity index (χ3v) is 11.5. The number of hydrogen-bond acceptors (Lipinski definition) is 1. The van der Waals surface area contributed by atoms with Crippen molar-refractivity contribution in [3.8, 4) is 44.5 Å². The molecule has 0 atom stereocenters. The first kappa shape index (κ1) is 33.6. The first-order chi connectivity index (χ1) is 27.4. The van der Waals surface area contributed by atoms with Crippen molar-refractivity contribution in [2.24, 2.45) is 0 Å². The second-order valence-electron chi connectivity index (χ2n) is 15.5. The average Bonchev–Trinajstić information content (AvgIpc) is 3.57. The quantitative estimate of drug-likeness (QED) is 0.159. The van der Waals surface area contributed by atoms with Gasteiger partial charge in [-0.2, -0.15) is 0 Å². The fraction of sp³-hybridized carbons (Fsp3) is 0.0545. The van der Waals surface area contributed by atoms with Gasteiger partial charge in [0.25, 0.3) is 0 Å². The molecule has 0 heterocycles. The fourth-order valence-corrected chi connectivity index (χ4v) is 8.28. The summed E-state index contributed by atoms with van der Waals surface area (Å²) in [6.07, 6.45) is 4.55. The molecule has 266 valence electrons. The Bertz CT molecular complexity index is 2770. The van der Waals surface area contributed by atoms with Crippen molar-refractivity contribution in [1.29, 1.82) is 0 Å². The SMILES string of the molecule is CC1(C)C=Cc2ccc(-c3ccc(-c4ccc(N(c5ccc(-c6ccc7ccccc7c6)cc5)c5ccc(-c6ccc7ccccc7c6)cc5)cc4)cc3)cc21. The fourth-order valence-electron chi connectivity index (χ4n) is 8.28. The Labute approximate surface area is 329 Å². The van der Waals surface area contributed by atoms with Crippen LogP contribution in [0.5, 0.6) is 0 Å². The predicted molar refractivity (Wildman–Crippen MR) is 240 cm³/mol. The van der Waals surface area contributed by atoms with Crippen LogP contribution in [0.15, 0.2) is 206 Å². The zero-order valence-electron chi connectivity index (χ0n) is 31.7. The van der Waals surface area contributed by atoms with Gasteiger partial charge < -0.3 is 4.90 Å². The lowest BCUT2D eigenvalue weighted by Gasteiger charge is -2.26. The highest BCUT2D eigenvalue weighted by molar-refractivity contribution is 5.89. The molecule has 0 aliphatic heterocycles. The van der Waals surface area contributed by atoms with Crippen molar-refractivity contribution < 1.29 is 0 Å². The van der Waals surface area contributed by atoms with E-state index < -0.39 is 0 Å². The number of allylic oxidation sites excluding steroid dienone is 1. The molecule has 0 saturated heterocycles. The number of anilines is 3. The molecule has 10 rings (SSSR count). The Morgan fingerprint density at radius 3 is 1.11 bits per heavy atom. The molecule has 0 bridgehead atoms. The minimum atomic E-state index is 0.0689. The van der Waals surface area contributed by atoms with Crippen LogP contribution in [0, 0.1) is 0 Å². The summed E-state index contributed by atoms with van der Waals surface area (Å²) in [7, 11) is 0. The van der Waals surface area contributed by atoms with E-state index in [0.717, 1.165) is 17.1 Å². The molecule has 9 aromatic rings. The molecule has 1 aliphatic carbocycles. The Hall–Kier alpha value is -6.96. The molecule has 0 aromatic heterocycles. The lowest BCUT2D eigenvalue weighted by molar-refractivity contribution is 0.684. The second kappa shape index (κ2) is 13.7. The first-order valence-corrected chi connectivity index (χ1v) is 19.5. The van der Waals surface area contributed by atoms with Gasteiger partial charge in [-0.3, -0.25) is 0 Å². The van der Waals surface area contributed by atoms with Gasteiger partial charge >= 0.3 is 0 Å². The van der Waals surface area contributed by atoms with Crippen molar-refractivity contribution in [1.82, 2.24) is 0 Å². The number of hydrogen-bond donors (Lipinski definition) is 0. The van der Waals surface area contributed by atoms with E-state index in [0.29, 0.717) is 0 Å². The summed E-state index contributed by atoms with van der Waals surface area (Å²) in [6, 6.07) is 73.3. The van der Waals surface area contributed by atoms with E-state index >= 15 is 0 Å². The van der Waals surface area contributed by atoms with Crippen LogP contribution in [-0.2, 0) is 5.41 Å². The second-order valence-corrected chi connectivity index (χ2v) is 15.5. The zero-order chi connectivity index (χ0) is 37.6. The van der Waals surface area contributed by atoms with E-state index in [-0.39, 0.29) is 5.41 Å². The molecule has 1 heteroatoms. The summed E-state index contributed by atoms with van der Waals surface area (Å²) in [5, 5.41) is 5.02. The molecule has 1 nitrogen and oxygen atoms in total. The van der Waals surface area contributed by atoms with Crippen LogP contribution >= 0.6 is 0 Å².